The van der Waals surface area contributed by atoms with Crippen molar-refractivity contribution in [1.29, 1.82) is 0 Å². The van der Waals surface area contributed by atoms with E-state index < -0.39 is 0 Å². The Morgan fingerprint density at radius 2 is 1.89 bits per heavy atom. The van der Waals surface area contributed by atoms with Gasteiger partial charge in [0.25, 0.3) is 0 Å². The minimum atomic E-state index is 0.437. The summed E-state index contributed by atoms with van der Waals surface area (Å²) in [7, 11) is 1.76. The summed E-state index contributed by atoms with van der Waals surface area (Å²) in [5.74, 6) is 0. The average molecular weight is 249 g/mol. The van der Waals surface area contributed by atoms with Crippen molar-refractivity contribution in [2.24, 2.45) is 0 Å². The van der Waals surface area contributed by atoms with Crippen molar-refractivity contribution in [3.05, 3.63) is 34.9 Å². The van der Waals surface area contributed by atoms with Gasteiger partial charge in [0.1, 0.15) is 0 Å². The Balaban J connectivity index is 2.27. The van der Waals surface area contributed by atoms with Crippen molar-refractivity contribution in [3.63, 3.8) is 0 Å². The number of rotatable bonds is 8. The van der Waals surface area contributed by atoms with Crippen LogP contribution in [0.1, 0.15) is 48.9 Å². The molecule has 1 unspecified atom stereocenters. The fourth-order valence-corrected chi connectivity index (χ4v) is 2.02. The Labute approximate surface area is 112 Å². The lowest BCUT2D eigenvalue weighted by Crippen LogP contribution is -2.20. The number of methoxy groups -OCH3 is 1. The molecule has 0 aliphatic rings. The quantitative estimate of drug-likeness (QED) is 0.708. The number of benzene rings is 1. The second-order valence-electron chi connectivity index (χ2n) is 5.07. The molecule has 102 valence electrons. The first kappa shape index (κ1) is 15.2. The van der Waals surface area contributed by atoms with Gasteiger partial charge in [-0.2, -0.15) is 0 Å². The smallest absolute Gasteiger partial charge is 0.0462 e. The molecule has 1 aromatic carbocycles. The second kappa shape index (κ2) is 8.28. The van der Waals surface area contributed by atoms with Gasteiger partial charge in [-0.25, -0.2) is 0 Å². The third-order valence-corrected chi connectivity index (χ3v) is 3.51. The van der Waals surface area contributed by atoms with E-state index in [0.717, 1.165) is 19.6 Å². The van der Waals surface area contributed by atoms with Crippen LogP contribution in [0.4, 0.5) is 0 Å². The molecule has 0 aromatic heterocycles. The molecule has 2 nitrogen and oxygen atoms in total. The van der Waals surface area contributed by atoms with E-state index in [1.165, 1.54) is 29.5 Å². The SMILES string of the molecule is COCCCCCNC(C)c1ccc(C)c(C)c1. The Hall–Kier alpha value is -0.860. The molecule has 0 aliphatic heterocycles. The minimum absolute atomic E-state index is 0.437. The van der Waals surface area contributed by atoms with E-state index in [1.807, 2.05) is 0 Å². The molecular weight excluding hydrogens is 222 g/mol. The topological polar surface area (TPSA) is 21.3 Å². The molecule has 1 aromatic rings. The van der Waals surface area contributed by atoms with Gasteiger partial charge < -0.3 is 10.1 Å². The highest BCUT2D eigenvalue weighted by Crippen LogP contribution is 2.16. The normalized spacial score (nSPS) is 12.7. The van der Waals surface area contributed by atoms with Crippen molar-refractivity contribution in [3.8, 4) is 0 Å². The highest BCUT2D eigenvalue weighted by atomic mass is 16.5. The Morgan fingerprint density at radius 3 is 2.56 bits per heavy atom. The predicted octanol–water partition coefficient (Wildman–Crippen LogP) is 3.77. The zero-order valence-electron chi connectivity index (χ0n) is 12.3. The zero-order valence-corrected chi connectivity index (χ0v) is 12.3. The lowest BCUT2D eigenvalue weighted by molar-refractivity contribution is 0.192. The van der Waals surface area contributed by atoms with Crippen LogP contribution in [0, 0.1) is 13.8 Å². The number of unbranched alkanes of at least 4 members (excludes halogenated alkanes) is 2. The van der Waals surface area contributed by atoms with Crippen molar-refractivity contribution in [2.45, 2.75) is 46.1 Å². The molecule has 0 fully saturated rings. The van der Waals surface area contributed by atoms with Crippen LogP contribution in [0.3, 0.4) is 0 Å². The summed E-state index contributed by atoms with van der Waals surface area (Å²) in [5.41, 5.74) is 4.13. The van der Waals surface area contributed by atoms with E-state index in [-0.39, 0.29) is 0 Å². The zero-order chi connectivity index (χ0) is 13.4. The summed E-state index contributed by atoms with van der Waals surface area (Å²) in [6.07, 6.45) is 3.62. The molecule has 0 heterocycles. The fraction of sp³-hybridized carbons (Fsp3) is 0.625. The number of hydrogen-bond acceptors (Lipinski definition) is 2. The first-order valence-electron chi connectivity index (χ1n) is 6.94. The first-order chi connectivity index (χ1) is 8.65. The van der Waals surface area contributed by atoms with Gasteiger partial charge in [0.05, 0.1) is 0 Å². The van der Waals surface area contributed by atoms with Gasteiger partial charge in [-0.05, 0) is 63.3 Å². The van der Waals surface area contributed by atoms with Crippen molar-refractivity contribution in [2.75, 3.05) is 20.3 Å². The maximum absolute atomic E-state index is 5.04. The summed E-state index contributed by atoms with van der Waals surface area (Å²) in [4.78, 5) is 0. The van der Waals surface area contributed by atoms with Gasteiger partial charge in [-0.1, -0.05) is 18.2 Å². The van der Waals surface area contributed by atoms with Gasteiger partial charge in [0, 0.05) is 19.8 Å². The van der Waals surface area contributed by atoms with Crippen LogP contribution < -0.4 is 5.32 Å². The molecule has 0 saturated carbocycles. The van der Waals surface area contributed by atoms with Crippen LogP contribution in [-0.2, 0) is 4.74 Å². The van der Waals surface area contributed by atoms with E-state index in [2.05, 4.69) is 44.3 Å². The lowest BCUT2D eigenvalue weighted by Gasteiger charge is -2.15. The largest absolute Gasteiger partial charge is 0.385 e. The van der Waals surface area contributed by atoms with Crippen molar-refractivity contribution in [1.82, 2.24) is 5.32 Å². The van der Waals surface area contributed by atoms with Gasteiger partial charge in [-0.15, -0.1) is 0 Å². The molecule has 0 saturated heterocycles. The van der Waals surface area contributed by atoms with E-state index in [9.17, 15) is 0 Å². The average Bonchev–Trinajstić information content (AvgIpc) is 2.36. The molecule has 0 bridgehead atoms. The van der Waals surface area contributed by atoms with Crippen LogP contribution in [0.15, 0.2) is 18.2 Å². The number of nitrogens with one attached hydrogen (secondary N) is 1. The third-order valence-electron chi connectivity index (χ3n) is 3.51. The first-order valence-corrected chi connectivity index (χ1v) is 6.94. The van der Waals surface area contributed by atoms with E-state index in [0.29, 0.717) is 6.04 Å². The van der Waals surface area contributed by atoms with Crippen LogP contribution in [0.5, 0.6) is 0 Å². The third kappa shape index (κ3) is 5.19. The van der Waals surface area contributed by atoms with Crippen LogP contribution >= 0.6 is 0 Å². The lowest BCUT2D eigenvalue weighted by atomic mass is 10.0. The Morgan fingerprint density at radius 1 is 1.11 bits per heavy atom. The molecule has 0 aliphatic carbocycles. The van der Waals surface area contributed by atoms with Gasteiger partial charge in [0.15, 0.2) is 0 Å². The summed E-state index contributed by atoms with van der Waals surface area (Å²) in [6.45, 7) is 8.53. The van der Waals surface area contributed by atoms with Crippen LogP contribution in [0.2, 0.25) is 0 Å². The van der Waals surface area contributed by atoms with E-state index in [4.69, 9.17) is 4.74 Å². The number of ether oxygens (including phenoxy) is 1. The standard InChI is InChI=1S/C16H27NO/c1-13-8-9-16(12-14(13)2)15(3)17-10-6-5-7-11-18-4/h8-9,12,15,17H,5-7,10-11H2,1-4H3. The Bertz CT molecular complexity index is 349. The molecule has 1 rings (SSSR count). The maximum Gasteiger partial charge on any atom is 0.0462 e. The fourth-order valence-electron chi connectivity index (χ4n) is 2.02. The monoisotopic (exact) mass is 249 g/mol. The molecule has 1 N–H and O–H groups in total. The molecule has 18 heavy (non-hydrogen) atoms. The number of hydrogen-bond donors (Lipinski definition) is 1. The highest BCUT2D eigenvalue weighted by molar-refractivity contribution is 5.31. The van der Waals surface area contributed by atoms with Gasteiger partial charge >= 0.3 is 0 Å². The maximum atomic E-state index is 5.04. The van der Waals surface area contributed by atoms with E-state index in [1.54, 1.807) is 7.11 Å². The van der Waals surface area contributed by atoms with Crippen LogP contribution in [-0.4, -0.2) is 20.3 Å². The summed E-state index contributed by atoms with van der Waals surface area (Å²) in [6, 6.07) is 7.16. The Kier molecular flexibility index (Phi) is 6.99. The molecule has 0 radical (unpaired) electrons. The van der Waals surface area contributed by atoms with E-state index >= 15 is 0 Å². The molecule has 1 atom stereocenters. The van der Waals surface area contributed by atoms with Crippen molar-refractivity contribution < 1.29 is 4.74 Å². The molecule has 0 amide bonds. The van der Waals surface area contributed by atoms with Gasteiger partial charge in [-0.3, -0.25) is 0 Å². The predicted molar refractivity (Wildman–Crippen MR) is 78.1 cm³/mol. The van der Waals surface area contributed by atoms with Crippen LogP contribution in [0.25, 0.3) is 0 Å². The second-order valence-corrected chi connectivity index (χ2v) is 5.07. The number of aryl methyl sites for hydroxylation is 2. The summed E-state index contributed by atoms with van der Waals surface area (Å²) in [5, 5.41) is 3.58. The summed E-state index contributed by atoms with van der Waals surface area (Å²) >= 11 is 0. The molecule has 0 spiro atoms. The summed E-state index contributed by atoms with van der Waals surface area (Å²) < 4.78 is 5.04. The highest BCUT2D eigenvalue weighted by Gasteiger charge is 2.05. The molecular formula is C16H27NO. The van der Waals surface area contributed by atoms with Crippen molar-refractivity contribution >= 4 is 0 Å². The van der Waals surface area contributed by atoms with Gasteiger partial charge in [0.2, 0.25) is 0 Å². The minimum Gasteiger partial charge on any atom is -0.385 e. The molecule has 2 heteroatoms.